The number of hydrogen-bond donors (Lipinski definition) is 2. The van der Waals surface area contributed by atoms with Crippen LogP contribution in [-0.2, 0) is 0 Å². The Morgan fingerprint density at radius 2 is 2.00 bits per heavy atom. The van der Waals surface area contributed by atoms with Crippen LogP contribution in [-0.4, -0.2) is 12.2 Å². The summed E-state index contributed by atoms with van der Waals surface area (Å²) in [6, 6.07) is 3.49. The third kappa shape index (κ3) is 2.81. The molecule has 4 heteroatoms. The molecule has 0 heterocycles. The molecule has 1 aliphatic carbocycles. The molecule has 0 amide bonds. The zero-order chi connectivity index (χ0) is 13.1. The van der Waals surface area contributed by atoms with Crippen molar-refractivity contribution in [3.8, 4) is 11.5 Å². The van der Waals surface area contributed by atoms with Crippen LogP contribution in [0.1, 0.15) is 43.7 Å². The lowest BCUT2D eigenvalue weighted by Gasteiger charge is -2.28. The Morgan fingerprint density at radius 1 is 1.33 bits per heavy atom. The average molecular weight is 314 g/mol. The molecule has 3 nitrogen and oxygen atoms in total. The van der Waals surface area contributed by atoms with E-state index in [1.807, 2.05) is 0 Å². The van der Waals surface area contributed by atoms with Crippen LogP contribution in [0.3, 0.4) is 0 Å². The topological polar surface area (TPSA) is 55.5 Å². The molecule has 1 aromatic rings. The van der Waals surface area contributed by atoms with Crippen molar-refractivity contribution in [3.05, 3.63) is 22.2 Å². The number of hydrogen-bond acceptors (Lipinski definition) is 3. The van der Waals surface area contributed by atoms with Crippen LogP contribution < -0.4 is 10.5 Å². The van der Waals surface area contributed by atoms with Gasteiger partial charge in [-0.3, -0.25) is 0 Å². The number of methoxy groups -OCH3 is 1. The van der Waals surface area contributed by atoms with Gasteiger partial charge < -0.3 is 15.6 Å². The van der Waals surface area contributed by atoms with Gasteiger partial charge in [0.1, 0.15) is 0 Å². The quantitative estimate of drug-likeness (QED) is 0.893. The van der Waals surface area contributed by atoms with Crippen LogP contribution in [0.2, 0.25) is 0 Å². The van der Waals surface area contributed by atoms with Gasteiger partial charge in [-0.25, -0.2) is 0 Å². The van der Waals surface area contributed by atoms with Gasteiger partial charge in [-0.15, -0.1) is 0 Å². The predicted molar refractivity (Wildman–Crippen MR) is 75.9 cm³/mol. The summed E-state index contributed by atoms with van der Waals surface area (Å²) in [6.07, 6.45) is 6.20. The van der Waals surface area contributed by atoms with Gasteiger partial charge in [0.15, 0.2) is 11.5 Å². The number of phenolic OH excluding ortho intramolecular Hbond substituents is 1. The Bertz CT molecular complexity index is 417. The molecule has 1 aromatic carbocycles. The van der Waals surface area contributed by atoms with Crippen molar-refractivity contribution >= 4 is 15.9 Å². The van der Waals surface area contributed by atoms with Crippen molar-refractivity contribution in [3.63, 3.8) is 0 Å². The average Bonchev–Trinajstić information content (AvgIpc) is 2.41. The summed E-state index contributed by atoms with van der Waals surface area (Å²) in [5.74, 6) is 1.14. The number of aromatic hydroxyl groups is 1. The van der Waals surface area contributed by atoms with Gasteiger partial charge >= 0.3 is 0 Å². The van der Waals surface area contributed by atoms with Gasteiger partial charge in [0, 0.05) is 10.5 Å². The van der Waals surface area contributed by atoms with Gasteiger partial charge in [-0.05, 0) is 36.5 Å². The van der Waals surface area contributed by atoms with Crippen molar-refractivity contribution in [1.82, 2.24) is 0 Å². The Kier molecular flexibility index (Phi) is 4.51. The van der Waals surface area contributed by atoms with Crippen molar-refractivity contribution in [2.24, 2.45) is 11.7 Å². The molecule has 1 atom stereocenters. The molecular formula is C14H20BrNO2. The van der Waals surface area contributed by atoms with Gasteiger partial charge in [-0.2, -0.15) is 0 Å². The third-order valence-electron chi connectivity index (χ3n) is 3.81. The summed E-state index contributed by atoms with van der Waals surface area (Å²) in [6.45, 7) is 0. The summed E-state index contributed by atoms with van der Waals surface area (Å²) >= 11 is 3.52. The standard InChI is InChI=1S/C14H20BrNO2/c1-18-13-8-11(15)10(7-12(13)17)14(16)9-5-3-2-4-6-9/h7-9,14,17H,2-6,16H2,1H3. The van der Waals surface area contributed by atoms with Crippen molar-refractivity contribution in [2.45, 2.75) is 38.1 Å². The van der Waals surface area contributed by atoms with Gasteiger partial charge in [-0.1, -0.05) is 35.2 Å². The Morgan fingerprint density at radius 3 is 2.61 bits per heavy atom. The Labute approximate surface area is 116 Å². The molecule has 1 aliphatic rings. The molecule has 0 saturated heterocycles. The minimum absolute atomic E-state index is 0.0171. The highest BCUT2D eigenvalue weighted by Gasteiger charge is 2.24. The van der Waals surface area contributed by atoms with Crippen LogP contribution in [0.4, 0.5) is 0 Å². The van der Waals surface area contributed by atoms with Crippen LogP contribution in [0, 0.1) is 5.92 Å². The molecule has 0 radical (unpaired) electrons. The van der Waals surface area contributed by atoms with E-state index in [1.54, 1.807) is 19.2 Å². The molecule has 1 saturated carbocycles. The fraction of sp³-hybridized carbons (Fsp3) is 0.571. The zero-order valence-electron chi connectivity index (χ0n) is 10.7. The Hall–Kier alpha value is -0.740. The lowest BCUT2D eigenvalue weighted by atomic mass is 9.81. The van der Waals surface area contributed by atoms with Crippen LogP contribution in [0.5, 0.6) is 11.5 Å². The predicted octanol–water partition coefficient (Wildman–Crippen LogP) is 3.74. The third-order valence-corrected chi connectivity index (χ3v) is 4.50. The molecule has 3 N–H and O–H groups in total. The first kappa shape index (κ1) is 13.7. The molecule has 0 bridgehead atoms. The van der Waals surface area contributed by atoms with Crippen molar-refractivity contribution in [2.75, 3.05) is 7.11 Å². The molecule has 0 aliphatic heterocycles. The number of rotatable bonds is 3. The lowest BCUT2D eigenvalue weighted by molar-refractivity contribution is 0.306. The second kappa shape index (κ2) is 5.93. The molecule has 1 unspecified atom stereocenters. The van der Waals surface area contributed by atoms with E-state index in [-0.39, 0.29) is 11.8 Å². The van der Waals surface area contributed by atoms with E-state index < -0.39 is 0 Å². The number of ether oxygens (including phenoxy) is 1. The van der Waals surface area contributed by atoms with E-state index in [1.165, 1.54) is 32.1 Å². The molecule has 2 rings (SSSR count). The maximum Gasteiger partial charge on any atom is 0.161 e. The van der Waals surface area contributed by atoms with E-state index in [0.29, 0.717) is 11.7 Å². The normalized spacial score (nSPS) is 18.6. The van der Waals surface area contributed by atoms with Crippen LogP contribution >= 0.6 is 15.9 Å². The molecule has 0 aromatic heterocycles. The van der Waals surface area contributed by atoms with Gasteiger partial charge in [0.05, 0.1) is 7.11 Å². The number of nitrogens with two attached hydrogens (primary N) is 1. The monoisotopic (exact) mass is 313 g/mol. The summed E-state index contributed by atoms with van der Waals surface area (Å²) < 4.78 is 6.00. The summed E-state index contributed by atoms with van der Waals surface area (Å²) in [5, 5.41) is 9.86. The summed E-state index contributed by atoms with van der Waals surface area (Å²) in [5.41, 5.74) is 7.32. The number of benzene rings is 1. The highest BCUT2D eigenvalue weighted by atomic mass is 79.9. The second-order valence-corrected chi connectivity index (χ2v) is 5.82. The van der Waals surface area contributed by atoms with E-state index >= 15 is 0 Å². The van der Waals surface area contributed by atoms with Crippen LogP contribution in [0.15, 0.2) is 16.6 Å². The molecule has 18 heavy (non-hydrogen) atoms. The van der Waals surface area contributed by atoms with E-state index in [4.69, 9.17) is 10.5 Å². The first-order chi connectivity index (χ1) is 8.63. The summed E-state index contributed by atoms with van der Waals surface area (Å²) in [7, 11) is 1.54. The fourth-order valence-electron chi connectivity index (χ4n) is 2.73. The number of halogens is 1. The van der Waals surface area contributed by atoms with Gasteiger partial charge in [0.2, 0.25) is 0 Å². The smallest absolute Gasteiger partial charge is 0.161 e. The zero-order valence-corrected chi connectivity index (χ0v) is 12.2. The maximum atomic E-state index is 9.86. The maximum absolute atomic E-state index is 9.86. The molecular weight excluding hydrogens is 294 g/mol. The molecule has 100 valence electrons. The largest absolute Gasteiger partial charge is 0.504 e. The second-order valence-electron chi connectivity index (χ2n) is 4.97. The van der Waals surface area contributed by atoms with E-state index in [2.05, 4.69) is 15.9 Å². The van der Waals surface area contributed by atoms with Crippen molar-refractivity contribution in [1.29, 1.82) is 0 Å². The Balaban J connectivity index is 2.23. The minimum atomic E-state index is -0.0171. The van der Waals surface area contributed by atoms with E-state index in [0.717, 1.165) is 10.0 Å². The minimum Gasteiger partial charge on any atom is -0.504 e. The van der Waals surface area contributed by atoms with Crippen LogP contribution in [0.25, 0.3) is 0 Å². The highest BCUT2D eigenvalue weighted by molar-refractivity contribution is 9.10. The summed E-state index contributed by atoms with van der Waals surface area (Å²) in [4.78, 5) is 0. The van der Waals surface area contributed by atoms with Crippen molar-refractivity contribution < 1.29 is 9.84 Å². The highest BCUT2D eigenvalue weighted by Crippen LogP contribution is 2.40. The SMILES string of the molecule is COc1cc(Br)c(C(N)C2CCCCC2)cc1O. The molecule has 0 spiro atoms. The van der Waals surface area contributed by atoms with Gasteiger partial charge in [0.25, 0.3) is 0 Å². The lowest BCUT2D eigenvalue weighted by Crippen LogP contribution is -2.23. The van der Waals surface area contributed by atoms with E-state index in [9.17, 15) is 5.11 Å². The first-order valence-electron chi connectivity index (χ1n) is 6.45. The fourth-order valence-corrected chi connectivity index (χ4v) is 3.31. The first-order valence-corrected chi connectivity index (χ1v) is 7.24. The molecule has 1 fully saturated rings. The number of phenols is 1.